The van der Waals surface area contributed by atoms with Crippen LogP contribution in [0.25, 0.3) is 11.3 Å². The number of non-ortho nitro benzene ring substituents is 1. The van der Waals surface area contributed by atoms with E-state index < -0.39 is 10.9 Å². The van der Waals surface area contributed by atoms with Crippen molar-refractivity contribution in [3.63, 3.8) is 0 Å². The highest BCUT2D eigenvalue weighted by Crippen LogP contribution is 2.26. The molecule has 0 aliphatic carbocycles. The molecule has 1 aromatic heterocycles. The number of nitrogens with zero attached hydrogens (tertiary/aromatic N) is 2. The number of aromatic carboxylic acids is 1. The Labute approximate surface area is 113 Å². The number of hydrogen-bond donors (Lipinski definition) is 1. The van der Waals surface area contributed by atoms with Crippen molar-refractivity contribution in [2.24, 2.45) is 0 Å². The number of hydrogen-bond acceptors (Lipinski definition) is 5. The molecule has 2 aromatic rings. The molecule has 0 unspecified atom stereocenters. The lowest BCUT2D eigenvalue weighted by atomic mass is 10.1. The molecule has 0 saturated carbocycles. The SMILES string of the molecule is COc1cnc(-c2cccc([N+](=O)[O-])c2)cc1C(=O)O. The smallest absolute Gasteiger partial charge is 0.339 e. The van der Waals surface area contributed by atoms with Crippen molar-refractivity contribution in [1.82, 2.24) is 4.98 Å². The Morgan fingerprint density at radius 2 is 2.15 bits per heavy atom. The second-order valence-electron chi connectivity index (χ2n) is 3.88. The van der Waals surface area contributed by atoms with E-state index >= 15 is 0 Å². The molecule has 20 heavy (non-hydrogen) atoms. The summed E-state index contributed by atoms with van der Waals surface area (Å²) in [6.45, 7) is 0. The molecule has 0 fully saturated rings. The third kappa shape index (κ3) is 2.56. The molecule has 0 aliphatic heterocycles. The van der Waals surface area contributed by atoms with E-state index in [9.17, 15) is 14.9 Å². The van der Waals surface area contributed by atoms with Gasteiger partial charge < -0.3 is 9.84 Å². The molecule has 7 heteroatoms. The second kappa shape index (κ2) is 5.35. The van der Waals surface area contributed by atoms with Crippen molar-refractivity contribution in [3.05, 3.63) is 52.2 Å². The van der Waals surface area contributed by atoms with Crippen molar-refractivity contribution in [2.45, 2.75) is 0 Å². The van der Waals surface area contributed by atoms with Crippen LogP contribution in [-0.4, -0.2) is 28.1 Å². The fourth-order valence-corrected chi connectivity index (χ4v) is 1.71. The topological polar surface area (TPSA) is 103 Å². The van der Waals surface area contributed by atoms with Crippen LogP contribution in [-0.2, 0) is 0 Å². The number of methoxy groups -OCH3 is 1. The molecule has 0 bridgehead atoms. The van der Waals surface area contributed by atoms with E-state index in [-0.39, 0.29) is 17.0 Å². The number of carbonyl (C=O) groups is 1. The number of nitro groups is 1. The number of nitro benzene ring substituents is 1. The monoisotopic (exact) mass is 274 g/mol. The molecule has 0 spiro atoms. The van der Waals surface area contributed by atoms with Gasteiger partial charge in [0.1, 0.15) is 5.56 Å². The maximum atomic E-state index is 11.1. The molecule has 0 saturated heterocycles. The van der Waals surface area contributed by atoms with Crippen molar-refractivity contribution in [1.29, 1.82) is 0 Å². The minimum absolute atomic E-state index is 0.0518. The van der Waals surface area contributed by atoms with E-state index in [1.807, 2.05) is 0 Å². The number of carboxylic acid groups (broad SMARTS) is 1. The quantitative estimate of drug-likeness (QED) is 0.678. The van der Waals surface area contributed by atoms with E-state index in [1.165, 1.54) is 37.6 Å². The summed E-state index contributed by atoms with van der Waals surface area (Å²) in [5, 5.41) is 19.8. The zero-order valence-electron chi connectivity index (χ0n) is 10.4. The molecule has 0 aliphatic rings. The largest absolute Gasteiger partial charge is 0.494 e. The normalized spacial score (nSPS) is 10.1. The average Bonchev–Trinajstić information content (AvgIpc) is 2.46. The van der Waals surface area contributed by atoms with Gasteiger partial charge in [0.15, 0.2) is 5.75 Å². The van der Waals surface area contributed by atoms with Crippen LogP contribution < -0.4 is 4.74 Å². The summed E-state index contributed by atoms with van der Waals surface area (Å²) in [5.74, 6) is -1.03. The third-order valence-corrected chi connectivity index (χ3v) is 2.67. The molecule has 7 nitrogen and oxygen atoms in total. The predicted molar refractivity (Wildman–Crippen MR) is 69.8 cm³/mol. The first-order valence-electron chi connectivity index (χ1n) is 5.55. The summed E-state index contributed by atoms with van der Waals surface area (Å²) in [7, 11) is 1.34. The molecule has 1 N–H and O–H groups in total. The van der Waals surface area contributed by atoms with Gasteiger partial charge in [-0.05, 0) is 6.07 Å². The zero-order chi connectivity index (χ0) is 14.7. The maximum absolute atomic E-state index is 11.1. The van der Waals surface area contributed by atoms with E-state index in [0.717, 1.165) is 0 Å². The molecule has 2 rings (SSSR count). The Morgan fingerprint density at radius 1 is 1.40 bits per heavy atom. The molecular weight excluding hydrogens is 264 g/mol. The fraction of sp³-hybridized carbons (Fsp3) is 0.0769. The first-order chi connectivity index (χ1) is 9.52. The summed E-state index contributed by atoms with van der Waals surface area (Å²) in [5.41, 5.74) is 0.650. The maximum Gasteiger partial charge on any atom is 0.339 e. The summed E-state index contributed by atoms with van der Waals surface area (Å²) < 4.78 is 4.91. The Bertz CT molecular complexity index is 684. The number of carboxylic acids is 1. The molecule has 0 radical (unpaired) electrons. The van der Waals surface area contributed by atoms with Gasteiger partial charge >= 0.3 is 5.97 Å². The highest BCUT2D eigenvalue weighted by atomic mass is 16.6. The van der Waals surface area contributed by atoms with Gasteiger partial charge in [0, 0.05) is 17.7 Å². The van der Waals surface area contributed by atoms with Gasteiger partial charge in [0.2, 0.25) is 0 Å². The number of benzene rings is 1. The van der Waals surface area contributed by atoms with Gasteiger partial charge in [-0.1, -0.05) is 12.1 Å². The van der Waals surface area contributed by atoms with Crippen LogP contribution in [0.2, 0.25) is 0 Å². The molecule has 0 amide bonds. The molecule has 102 valence electrons. The number of aromatic nitrogens is 1. The van der Waals surface area contributed by atoms with Gasteiger partial charge in [-0.15, -0.1) is 0 Å². The summed E-state index contributed by atoms with van der Waals surface area (Å²) >= 11 is 0. The predicted octanol–water partition coefficient (Wildman–Crippen LogP) is 2.36. The van der Waals surface area contributed by atoms with Crippen LogP contribution in [0.15, 0.2) is 36.5 Å². The summed E-state index contributed by atoms with van der Waals surface area (Å²) in [4.78, 5) is 25.4. The van der Waals surface area contributed by atoms with E-state index in [4.69, 9.17) is 9.84 Å². The Morgan fingerprint density at radius 3 is 2.75 bits per heavy atom. The van der Waals surface area contributed by atoms with Gasteiger partial charge in [0.05, 0.1) is 23.9 Å². The lowest BCUT2D eigenvalue weighted by Crippen LogP contribution is -2.02. The molecular formula is C13H10N2O5. The Hall–Kier alpha value is -2.96. The third-order valence-electron chi connectivity index (χ3n) is 2.67. The number of rotatable bonds is 4. The fourth-order valence-electron chi connectivity index (χ4n) is 1.71. The van der Waals surface area contributed by atoms with E-state index in [0.29, 0.717) is 11.3 Å². The van der Waals surface area contributed by atoms with Crippen molar-refractivity contribution in [3.8, 4) is 17.0 Å². The average molecular weight is 274 g/mol. The minimum Gasteiger partial charge on any atom is -0.494 e. The second-order valence-corrected chi connectivity index (χ2v) is 3.88. The van der Waals surface area contributed by atoms with Crippen LogP contribution in [0.4, 0.5) is 5.69 Å². The highest BCUT2D eigenvalue weighted by Gasteiger charge is 2.14. The van der Waals surface area contributed by atoms with Gasteiger partial charge in [0.25, 0.3) is 5.69 Å². The van der Waals surface area contributed by atoms with Gasteiger partial charge in [-0.25, -0.2) is 4.79 Å². The molecule has 0 atom stereocenters. The number of ether oxygens (including phenoxy) is 1. The van der Waals surface area contributed by atoms with Gasteiger partial charge in [-0.2, -0.15) is 0 Å². The van der Waals surface area contributed by atoms with Crippen molar-refractivity contribution < 1.29 is 19.6 Å². The van der Waals surface area contributed by atoms with Crippen LogP contribution >= 0.6 is 0 Å². The van der Waals surface area contributed by atoms with Crippen LogP contribution in [0, 0.1) is 10.1 Å². The van der Waals surface area contributed by atoms with Crippen LogP contribution in [0.3, 0.4) is 0 Å². The summed E-state index contributed by atoms with van der Waals surface area (Å²) in [6.07, 6.45) is 1.28. The minimum atomic E-state index is -1.16. The van der Waals surface area contributed by atoms with E-state index in [2.05, 4.69) is 4.98 Å². The van der Waals surface area contributed by atoms with Gasteiger partial charge in [-0.3, -0.25) is 15.1 Å². The lowest BCUT2D eigenvalue weighted by molar-refractivity contribution is -0.384. The van der Waals surface area contributed by atoms with Crippen LogP contribution in [0.5, 0.6) is 5.75 Å². The summed E-state index contributed by atoms with van der Waals surface area (Å²) in [6, 6.07) is 7.14. The zero-order valence-corrected chi connectivity index (χ0v) is 10.4. The highest BCUT2D eigenvalue weighted by molar-refractivity contribution is 5.92. The van der Waals surface area contributed by atoms with E-state index in [1.54, 1.807) is 6.07 Å². The van der Waals surface area contributed by atoms with Crippen LogP contribution in [0.1, 0.15) is 10.4 Å². The first-order valence-corrected chi connectivity index (χ1v) is 5.55. The lowest BCUT2D eigenvalue weighted by Gasteiger charge is -2.07. The first kappa shape index (κ1) is 13.5. The van der Waals surface area contributed by atoms with Crippen molar-refractivity contribution >= 4 is 11.7 Å². The number of pyridine rings is 1. The Balaban J connectivity index is 2.53. The molecule has 1 heterocycles. The molecule has 1 aromatic carbocycles. The standard InChI is InChI=1S/C13H10N2O5/c1-20-12-7-14-11(6-10(12)13(16)17)8-3-2-4-9(5-8)15(18)19/h2-7H,1H3,(H,16,17). The Kier molecular flexibility index (Phi) is 3.60. The van der Waals surface area contributed by atoms with Crippen molar-refractivity contribution in [2.75, 3.05) is 7.11 Å².